The first-order valence-corrected chi connectivity index (χ1v) is 7.79. The number of rotatable bonds is 4. The molecule has 5 heteroatoms. The summed E-state index contributed by atoms with van der Waals surface area (Å²) in [4.78, 5) is 0. The smallest absolute Gasteiger partial charge is 0.183 e. The van der Waals surface area contributed by atoms with Gasteiger partial charge in [0.2, 0.25) is 0 Å². The summed E-state index contributed by atoms with van der Waals surface area (Å²) in [6.07, 6.45) is 0. The molecule has 0 aliphatic carbocycles. The molecule has 0 aromatic rings. The summed E-state index contributed by atoms with van der Waals surface area (Å²) >= 11 is 8.63. The zero-order valence-corrected chi connectivity index (χ0v) is 9.89. The van der Waals surface area contributed by atoms with Gasteiger partial charge in [-0.1, -0.05) is 12.2 Å². The Bertz CT molecular complexity index is 135. The molecule has 0 amide bonds. The van der Waals surface area contributed by atoms with Gasteiger partial charge in [-0.05, 0) is 19.6 Å². The Morgan fingerprint density at radius 1 is 1.55 bits per heavy atom. The van der Waals surface area contributed by atoms with Gasteiger partial charge in [-0.2, -0.15) is 0 Å². The molecule has 0 bridgehead atoms. The summed E-state index contributed by atoms with van der Waals surface area (Å²) in [5, 5.41) is 2.91. The fraction of sp³-hybridized carbons (Fsp3) is 0.833. The summed E-state index contributed by atoms with van der Waals surface area (Å²) in [7, 11) is -1.34. The summed E-state index contributed by atoms with van der Waals surface area (Å²) in [6, 6.07) is 0. The molecule has 0 saturated carbocycles. The van der Waals surface area contributed by atoms with Crippen LogP contribution in [-0.4, -0.2) is 25.8 Å². The third-order valence-corrected chi connectivity index (χ3v) is 2.29. The van der Waals surface area contributed by atoms with Crippen molar-refractivity contribution in [1.29, 1.82) is 0 Å². The van der Waals surface area contributed by atoms with Crippen molar-refractivity contribution in [2.24, 2.45) is 0 Å². The minimum absolute atomic E-state index is 0.532. The van der Waals surface area contributed by atoms with Crippen LogP contribution in [0.2, 0.25) is 19.6 Å². The van der Waals surface area contributed by atoms with Gasteiger partial charge in [-0.25, -0.2) is 0 Å². The third-order valence-electron chi connectivity index (χ3n) is 0.913. The van der Waals surface area contributed by atoms with E-state index in [-0.39, 0.29) is 0 Å². The Labute approximate surface area is 80.2 Å². The number of thiocarbonyl (C=S) groups is 1. The molecular weight excluding hydrogens is 194 g/mol. The molecule has 2 nitrogen and oxygen atoms in total. The Balaban J connectivity index is 3.22. The van der Waals surface area contributed by atoms with Crippen LogP contribution in [0.3, 0.4) is 0 Å². The zero-order valence-electron chi connectivity index (χ0n) is 7.18. The Kier molecular flexibility index (Phi) is 5.33. The highest BCUT2D eigenvalue weighted by Gasteiger charge is 2.12. The van der Waals surface area contributed by atoms with Gasteiger partial charge >= 0.3 is 0 Å². The standard InChI is InChI=1S/C6H15NOS2Si/c1-11(2,3)8-5-4-7-6(9)10/h4-5H2,1-3H3,(H2,7,9,10). The Hall–Kier alpha value is 0.417. The summed E-state index contributed by atoms with van der Waals surface area (Å²) in [5.74, 6) is 0. The maximum absolute atomic E-state index is 5.56. The molecule has 1 N–H and O–H groups in total. The number of hydrogen-bond acceptors (Lipinski definition) is 2. The predicted molar refractivity (Wildman–Crippen MR) is 58.9 cm³/mol. The first-order valence-electron chi connectivity index (χ1n) is 3.52. The van der Waals surface area contributed by atoms with Crippen LogP contribution >= 0.6 is 24.8 Å². The lowest BCUT2D eigenvalue weighted by molar-refractivity contribution is 0.317. The van der Waals surface area contributed by atoms with Crippen molar-refractivity contribution < 1.29 is 4.43 Å². The van der Waals surface area contributed by atoms with Crippen molar-refractivity contribution in [3.63, 3.8) is 0 Å². The molecule has 0 unspecified atom stereocenters. The van der Waals surface area contributed by atoms with E-state index in [0.717, 1.165) is 13.2 Å². The zero-order chi connectivity index (χ0) is 8.91. The van der Waals surface area contributed by atoms with Crippen molar-refractivity contribution in [1.82, 2.24) is 5.32 Å². The van der Waals surface area contributed by atoms with Gasteiger partial charge in [0.15, 0.2) is 8.32 Å². The van der Waals surface area contributed by atoms with Crippen LogP contribution in [0.15, 0.2) is 0 Å². The quantitative estimate of drug-likeness (QED) is 0.318. The van der Waals surface area contributed by atoms with E-state index in [9.17, 15) is 0 Å². The predicted octanol–water partition coefficient (Wildman–Crippen LogP) is 1.64. The first-order chi connectivity index (χ1) is 4.92. The second-order valence-electron chi connectivity index (χ2n) is 3.19. The van der Waals surface area contributed by atoms with E-state index >= 15 is 0 Å². The van der Waals surface area contributed by atoms with Crippen LogP contribution in [0.1, 0.15) is 0 Å². The molecule has 0 saturated heterocycles. The van der Waals surface area contributed by atoms with Crippen LogP contribution in [0.25, 0.3) is 0 Å². The highest BCUT2D eigenvalue weighted by Crippen LogP contribution is 2.00. The average molecular weight is 209 g/mol. The summed E-state index contributed by atoms with van der Waals surface area (Å²) in [6.45, 7) is 7.95. The van der Waals surface area contributed by atoms with E-state index in [1.807, 2.05) is 0 Å². The SMILES string of the molecule is C[Si](C)(C)OCCNC(=S)S. The Morgan fingerprint density at radius 2 is 2.09 bits per heavy atom. The summed E-state index contributed by atoms with van der Waals surface area (Å²) < 4.78 is 6.09. The van der Waals surface area contributed by atoms with Gasteiger partial charge in [0.1, 0.15) is 4.32 Å². The van der Waals surface area contributed by atoms with Crippen LogP contribution in [0, 0.1) is 0 Å². The van der Waals surface area contributed by atoms with Crippen molar-refractivity contribution in [3.05, 3.63) is 0 Å². The van der Waals surface area contributed by atoms with Gasteiger partial charge < -0.3 is 9.74 Å². The molecule has 0 spiro atoms. The van der Waals surface area contributed by atoms with Crippen LogP contribution < -0.4 is 5.32 Å². The lowest BCUT2D eigenvalue weighted by atomic mass is 10.7. The van der Waals surface area contributed by atoms with Crippen LogP contribution in [0.4, 0.5) is 0 Å². The molecule has 0 atom stereocenters. The average Bonchev–Trinajstić information content (AvgIpc) is 1.78. The fourth-order valence-electron chi connectivity index (χ4n) is 0.515. The molecule has 0 radical (unpaired) electrons. The van der Waals surface area contributed by atoms with Crippen molar-refractivity contribution in [2.45, 2.75) is 19.6 Å². The molecule has 0 rings (SSSR count). The van der Waals surface area contributed by atoms with Crippen LogP contribution in [0.5, 0.6) is 0 Å². The molecule has 11 heavy (non-hydrogen) atoms. The fourth-order valence-corrected chi connectivity index (χ4v) is 1.44. The second-order valence-corrected chi connectivity index (χ2v) is 8.86. The van der Waals surface area contributed by atoms with E-state index in [4.69, 9.17) is 16.6 Å². The molecule has 0 heterocycles. The normalized spacial score (nSPS) is 11.3. The third kappa shape index (κ3) is 10.4. The maximum atomic E-state index is 5.56. The summed E-state index contributed by atoms with van der Waals surface area (Å²) in [5.41, 5.74) is 0. The molecule has 0 fully saturated rings. The van der Waals surface area contributed by atoms with Crippen molar-refractivity contribution >= 4 is 37.5 Å². The molecule has 0 aliphatic heterocycles. The van der Waals surface area contributed by atoms with Crippen molar-refractivity contribution in [3.8, 4) is 0 Å². The van der Waals surface area contributed by atoms with Gasteiger partial charge in [0.25, 0.3) is 0 Å². The van der Waals surface area contributed by atoms with Gasteiger partial charge in [-0.15, -0.1) is 12.6 Å². The lowest BCUT2D eigenvalue weighted by Gasteiger charge is -2.16. The van der Waals surface area contributed by atoms with E-state index in [2.05, 4.69) is 37.6 Å². The molecule has 66 valence electrons. The molecular formula is C6H15NOS2Si. The van der Waals surface area contributed by atoms with E-state index in [0.29, 0.717) is 4.32 Å². The minimum atomic E-state index is -1.34. The second kappa shape index (κ2) is 5.13. The maximum Gasteiger partial charge on any atom is 0.183 e. The first kappa shape index (κ1) is 11.4. The minimum Gasteiger partial charge on any atom is -0.416 e. The highest BCUT2D eigenvalue weighted by atomic mass is 32.1. The molecule has 0 aromatic heterocycles. The number of thiol groups is 1. The molecule has 0 aliphatic rings. The highest BCUT2D eigenvalue weighted by molar-refractivity contribution is 8.11. The molecule has 0 aromatic carbocycles. The largest absolute Gasteiger partial charge is 0.416 e. The van der Waals surface area contributed by atoms with Gasteiger partial charge in [0, 0.05) is 6.54 Å². The van der Waals surface area contributed by atoms with Crippen LogP contribution in [-0.2, 0) is 4.43 Å². The topological polar surface area (TPSA) is 21.3 Å². The van der Waals surface area contributed by atoms with E-state index in [1.165, 1.54) is 0 Å². The van der Waals surface area contributed by atoms with E-state index < -0.39 is 8.32 Å². The number of hydrogen-bond donors (Lipinski definition) is 2. The van der Waals surface area contributed by atoms with E-state index in [1.54, 1.807) is 0 Å². The van der Waals surface area contributed by atoms with Crippen molar-refractivity contribution in [2.75, 3.05) is 13.2 Å². The Morgan fingerprint density at radius 3 is 2.45 bits per heavy atom. The monoisotopic (exact) mass is 209 g/mol. The lowest BCUT2D eigenvalue weighted by Crippen LogP contribution is -2.31. The van der Waals surface area contributed by atoms with Gasteiger partial charge in [-0.3, -0.25) is 0 Å². The van der Waals surface area contributed by atoms with Gasteiger partial charge in [0.05, 0.1) is 6.61 Å². The number of nitrogens with one attached hydrogen (secondary N) is 1.